The number of likely N-dealkylation sites (tertiary alicyclic amines) is 1. The van der Waals surface area contributed by atoms with Crippen molar-refractivity contribution >= 4 is 6.03 Å². The number of hydroxylamine groups is 2. The molecule has 0 bridgehead atoms. The van der Waals surface area contributed by atoms with E-state index < -0.39 is 6.03 Å². The summed E-state index contributed by atoms with van der Waals surface area (Å²) in [4.78, 5) is 18.1. The van der Waals surface area contributed by atoms with Gasteiger partial charge in [0.25, 0.3) is 0 Å². The number of piperidine rings is 1. The molecular weight excluding hydrogens is 170 g/mol. The molecule has 0 saturated carbocycles. The number of rotatable bonds is 2. The molecule has 13 heavy (non-hydrogen) atoms. The fourth-order valence-electron chi connectivity index (χ4n) is 1.65. The Morgan fingerprint density at radius 3 is 2.46 bits per heavy atom. The molecule has 1 heterocycles. The highest BCUT2D eigenvalue weighted by atomic mass is 16.7. The minimum Gasteiger partial charge on any atom is -0.350 e. The number of nitrogens with two attached hydrogens (primary N) is 1. The Morgan fingerprint density at radius 1 is 1.54 bits per heavy atom. The van der Waals surface area contributed by atoms with E-state index in [1.807, 2.05) is 0 Å². The smallest absolute Gasteiger partial charge is 0.338 e. The van der Waals surface area contributed by atoms with Crippen LogP contribution in [0.2, 0.25) is 0 Å². The third-order valence-electron chi connectivity index (χ3n) is 2.43. The first-order valence-corrected chi connectivity index (χ1v) is 4.46. The van der Waals surface area contributed by atoms with Gasteiger partial charge in [0.1, 0.15) is 0 Å². The lowest BCUT2D eigenvalue weighted by Gasteiger charge is -2.34. The second-order valence-corrected chi connectivity index (χ2v) is 3.38. The first-order chi connectivity index (χ1) is 6.15. The van der Waals surface area contributed by atoms with E-state index in [0.29, 0.717) is 0 Å². The van der Waals surface area contributed by atoms with Crippen LogP contribution >= 0.6 is 0 Å². The van der Waals surface area contributed by atoms with Gasteiger partial charge in [0.05, 0.1) is 13.2 Å². The lowest BCUT2D eigenvalue weighted by molar-refractivity contribution is -0.124. The van der Waals surface area contributed by atoms with Crippen molar-refractivity contribution in [3.63, 3.8) is 0 Å². The maximum Gasteiger partial charge on any atom is 0.338 e. The zero-order chi connectivity index (χ0) is 9.84. The van der Waals surface area contributed by atoms with Gasteiger partial charge < -0.3 is 10.6 Å². The zero-order valence-electron chi connectivity index (χ0n) is 8.19. The van der Waals surface area contributed by atoms with Crippen LogP contribution in [0.5, 0.6) is 0 Å². The highest BCUT2D eigenvalue weighted by molar-refractivity contribution is 5.71. The van der Waals surface area contributed by atoms with E-state index in [1.165, 1.54) is 12.2 Å². The first kappa shape index (κ1) is 10.3. The Bertz CT molecular complexity index is 178. The number of primary amides is 1. The minimum atomic E-state index is -0.503. The maximum atomic E-state index is 10.9. The van der Waals surface area contributed by atoms with E-state index in [4.69, 9.17) is 10.6 Å². The standard InChI is InChI=1S/C8H17N3O2/c1-10-5-3-7(4-6-10)11(13-2)8(9)12/h7H,3-6H2,1-2H3,(H2,9,12). The molecule has 5 heteroatoms. The van der Waals surface area contributed by atoms with Crippen molar-refractivity contribution in [1.29, 1.82) is 0 Å². The quantitative estimate of drug-likeness (QED) is 0.620. The maximum absolute atomic E-state index is 10.9. The van der Waals surface area contributed by atoms with Gasteiger partial charge in [-0.05, 0) is 33.0 Å². The van der Waals surface area contributed by atoms with Crippen LogP contribution < -0.4 is 5.73 Å². The van der Waals surface area contributed by atoms with Crippen LogP contribution in [0.15, 0.2) is 0 Å². The fraction of sp³-hybridized carbons (Fsp3) is 0.875. The number of nitrogens with zero attached hydrogens (tertiary/aromatic N) is 2. The van der Waals surface area contributed by atoms with Crippen molar-refractivity contribution < 1.29 is 9.63 Å². The molecule has 5 nitrogen and oxygen atoms in total. The van der Waals surface area contributed by atoms with Crippen LogP contribution in [0.25, 0.3) is 0 Å². The number of hydrogen-bond donors (Lipinski definition) is 1. The Kier molecular flexibility index (Phi) is 3.50. The second kappa shape index (κ2) is 4.43. The molecule has 1 aliphatic heterocycles. The summed E-state index contributed by atoms with van der Waals surface area (Å²) in [6.45, 7) is 1.97. The zero-order valence-corrected chi connectivity index (χ0v) is 8.19. The average molecular weight is 187 g/mol. The van der Waals surface area contributed by atoms with E-state index >= 15 is 0 Å². The van der Waals surface area contributed by atoms with Crippen LogP contribution in [0.4, 0.5) is 4.79 Å². The molecule has 0 aliphatic carbocycles. The van der Waals surface area contributed by atoms with Gasteiger partial charge >= 0.3 is 6.03 Å². The summed E-state index contributed by atoms with van der Waals surface area (Å²) >= 11 is 0. The van der Waals surface area contributed by atoms with E-state index in [0.717, 1.165) is 25.9 Å². The van der Waals surface area contributed by atoms with Gasteiger partial charge in [-0.1, -0.05) is 0 Å². The van der Waals surface area contributed by atoms with E-state index in [9.17, 15) is 4.79 Å². The summed E-state index contributed by atoms with van der Waals surface area (Å²) in [5.41, 5.74) is 5.16. The van der Waals surface area contributed by atoms with Gasteiger partial charge in [-0.25, -0.2) is 9.86 Å². The Hall–Kier alpha value is -0.810. The van der Waals surface area contributed by atoms with Gasteiger partial charge in [0.2, 0.25) is 0 Å². The third kappa shape index (κ3) is 2.57. The van der Waals surface area contributed by atoms with Crippen LogP contribution in [0, 0.1) is 0 Å². The molecule has 0 radical (unpaired) electrons. The molecule has 2 amide bonds. The van der Waals surface area contributed by atoms with Crippen LogP contribution in [0.1, 0.15) is 12.8 Å². The fourth-order valence-corrected chi connectivity index (χ4v) is 1.65. The molecule has 0 atom stereocenters. The summed E-state index contributed by atoms with van der Waals surface area (Å²) < 4.78 is 0. The normalized spacial score (nSPS) is 20.2. The monoisotopic (exact) mass is 187 g/mol. The van der Waals surface area contributed by atoms with Crippen LogP contribution in [-0.2, 0) is 4.84 Å². The topological polar surface area (TPSA) is 58.8 Å². The Morgan fingerprint density at radius 2 is 2.08 bits per heavy atom. The molecular formula is C8H17N3O2. The average Bonchev–Trinajstić information content (AvgIpc) is 2.09. The molecule has 0 aromatic rings. The number of amides is 2. The largest absolute Gasteiger partial charge is 0.350 e. The van der Waals surface area contributed by atoms with Gasteiger partial charge in [-0.3, -0.25) is 4.84 Å². The van der Waals surface area contributed by atoms with Crippen molar-refractivity contribution in [2.45, 2.75) is 18.9 Å². The Labute approximate surface area is 78.4 Å². The van der Waals surface area contributed by atoms with Crippen LogP contribution in [-0.4, -0.2) is 49.3 Å². The molecule has 0 aromatic heterocycles. The Balaban J connectivity index is 2.46. The van der Waals surface area contributed by atoms with E-state index in [1.54, 1.807) is 0 Å². The molecule has 76 valence electrons. The number of hydrogen-bond acceptors (Lipinski definition) is 3. The summed E-state index contributed by atoms with van der Waals surface area (Å²) in [5.74, 6) is 0. The number of carbonyl (C=O) groups excluding carboxylic acids is 1. The van der Waals surface area contributed by atoms with Crippen molar-refractivity contribution in [3.8, 4) is 0 Å². The molecule has 2 N–H and O–H groups in total. The molecule has 1 aliphatic rings. The van der Waals surface area contributed by atoms with Crippen molar-refractivity contribution in [2.24, 2.45) is 5.73 Å². The SMILES string of the molecule is CON(C(N)=O)C1CCN(C)CC1. The van der Waals surface area contributed by atoms with Gasteiger partial charge in [-0.15, -0.1) is 0 Å². The first-order valence-electron chi connectivity index (χ1n) is 4.46. The molecule has 0 aromatic carbocycles. The molecule has 1 fully saturated rings. The van der Waals surface area contributed by atoms with Crippen molar-refractivity contribution in [3.05, 3.63) is 0 Å². The van der Waals surface area contributed by atoms with Gasteiger partial charge in [0.15, 0.2) is 0 Å². The van der Waals surface area contributed by atoms with E-state index in [2.05, 4.69) is 11.9 Å². The molecule has 0 spiro atoms. The summed E-state index contributed by atoms with van der Waals surface area (Å²) in [6, 6.07) is -0.365. The molecule has 1 saturated heterocycles. The minimum absolute atomic E-state index is 0.138. The summed E-state index contributed by atoms with van der Waals surface area (Å²) in [7, 11) is 3.54. The highest BCUT2D eigenvalue weighted by Crippen LogP contribution is 2.14. The summed E-state index contributed by atoms with van der Waals surface area (Å²) in [5, 5.41) is 1.27. The lowest BCUT2D eigenvalue weighted by atomic mass is 10.1. The van der Waals surface area contributed by atoms with Crippen molar-refractivity contribution in [2.75, 3.05) is 27.2 Å². The predicted octanol–water partition coefficient (Wildman–Crippen LogP) is 0.0227. The predicted molar refractivity (Wildman–Crippen MR) is 49.0 cm³/mol. The number of urea groups is 1. The third-order valence-corrected chi connectivity index (χ3v) is 2.43. The number of carbonyl (C=O) groups is 1. The summed E-state index contributed by atoms with van der Waals surface area (Å²) in [6.07, 6.45) is 1.85. The van der Waals surface area contributed by atoms with E-state index in [-0.39, 0.29) is 6.04 Å². The molecule has 0 unspecified atom stereocenters. The van der Waals surface area contributed by atoms with Crippen molar-refractivity contribution in [1.82, 2.24) is 9.96 Å². The highest BCUT2D eigenvalue weighted by Gasteiger charge is 2.25. The van der Waals surface area contributed by atoms with Crippen LogP contribution in [0.3, 0.4) is 0 Å². The molecule has 1 rings (SSSR count). The second-order valence-electron chi connectivity index (χ2n) is 3.38. The lowest BCUT2D eigenvalue weighted by Crippen LogP contribution is -2.47. The van der Waals surface area contributed by atoms with Gasteiger partial charge in [-0.2, -0.15) is 0 Å². The van der Waals surface area contributed by atoms with Gasteiger partial charge in [0, 0.05) is 0 Å².